The number of carbonyl (C=O) groups is 1. The zero-order valence-electron chi connectivity index (χ0n) is 23.2. The molecule has 0 radical (unpaired) electrons. The van der Waals surface area contributed by atoms with Gasteiger partial charge in [0.15, 0.2) is 16.5 Å². The van der Waals surface area contributed by atoms with Crippen LogP contribution in [0.5, 0.6) is 23.1 Å². The number of carbonyl (C=O) groups excluding carboxylic acids is 1. The summed E-state index contributed by atoms with van der Waals surface area (Å²) in [5.74, 6) is 0.681. The minimum absolute atomic E-state index is 0. The van der Waals surface area contributed by atoms with Crippen molar-refractivity contribution in [1.82, 2.24) is 14.7 Å². The number of nitrogens with one attached hydrogen (secondary N) is 1. The molecule has 0 atom stereocenters. The van der Waals surface area contributed by atoms with E-state index in [-0.39, 0.29) is 19.3 Å². The molecule has 0 spiro atoms. The molecule has 0 unspecified atom stereocenters. The Morgan fingerprint density at radius 1 is 0.925 bits per heavy atom. The first-order valence-electron chi connectivity index (χ1n) is 12.6. The second-order valence-corrected chi connectivity index (χ2v) is 10.9. The summed E-state index contributed by atoms with van der Waals surface area (Å²) in [7, 11) is -2.70. The van der Waals surface area contributed by atoms with E-state index in [9.17, 15) is 13.2 Å². The van der Waals surface area contributed by atoms with Gasteiger partial charge in [-0.15, -0.1) is 0 Å². The number of nitrogens with zero attached hydrogens (tertiary/aromatic N) is 2. The fourth-order valence-electron chi connectivity index (χ4n) is 4.27. The second-order valence-electron chi connectivity index (χ2n) is 9.23. The number of pyridine rings is 2. The number of hydrogen-bond acceptors (Lipinski definition) is 8. The highest BCUT2D eigenvalue weighted by molar-refractivity contribution is 7.90. The van der Waals surface area contributed by atoms with Crippen LogP contribution >= 0.6 is 0 Å². The SMILES string of the molecule is CCOc1ccc(-c2ccc(C(=O)NS(=O)(=O)c3cccc(C)n3)c(Oc3c(C)cc(C)cc3C)n2)cc1OC.[HH].[HH]. The summed E-state index contributed by atoms with van der Waals surface area (Å²) in [5.41, 5.74) is 4.36. The highest BCUT2D eigenvalue weighted by Gasteiger charge is 2.25. The van der Waals surface area contributed by atoms with Crippen molar-refractivity contribution in [3.05, 3.63) is 88.6 Å². The summed E-state index contributed by atoms with van der Waals surface area (Å²) in [6.45, 7) is 9.79. The van der Waals surface area contributed by atoms with Crippen molar-refractivity contribution in [3.8, 4) is 34.4 Å². The molecule has 0 bridgehead atoms. The summed E-state index contributed by atoms with van der Waals surface area (Å²) < 4.78 is 45.3. The van der Waals surface area contributed by atoms with Gasteiger partial charge < -0.3 is 14.2 Å². The molecule has 10 heteroatoms. The lowest BCUT2D eigenvalue weighted by molar-refractivity contribution is 0.0978. The van der Waals surface area contributed by atoms with Crippen LogP contribution in [0.2, 0.25) is 0 Å². The maximum absolute atomic E-state index is 13.3. The predicted molar refractivity (Wildman–Crippen MR) is 156 cm³/mol. The number of methoxy groups -OCH3 is 1. The Labute approximate surface area is 237 Å². The van der Waals surface area contributed by atoms with Crippen LogP contribution in [0.3, 0.4) is 0 Å². The number of aromatic nitrogens is 2. The number of sulfonamides is 1. The zero-order chi connectivity index (χ0) is 29.0. The van der Waals surface area contributed by atoms with Gasteiger partial charge in [0.1, 0.15) is 11.3 Å². The van der Waals surface area contributed by atoms with E-state index in [4.69, 9.17) is 14.2 Å². The molecular formula is C30H35N3O6S. The van der Waals surface area contributed by atoms with Crippen molar-refractivity contribution in [2.75, 3.05) is 13.7 Å². The molecule has 2 aromatic carbocycles. The van der Waals surface area contributed by atoms with Crippen LogP contribution in [0.4, 0.5) is 0 Å². The fraction of sp³-hybridized carbons (Fsp3) is 0.233. The molecule has 0 saturated carbocycles. The summed E-state index contributed by atoms with van der Waals surface area (Å²) in [4.78, 5) is 22.0. The quantitative estimate of drug-likeness (QED) is 0.255. The average Bonchev–Trinajstić information content (AvgIpc) is 2.90. The van der Waals surface area contributed by atoms with Crippen molar-refractivity contribution in [3.63, 3.8) is 0 Å². The smallest absolute Gasteiger partial charge is 0.281 e. The van der Waals surface area contributed by atoms with Crippen molar-refractivity contribution in [2.45, 2.75) is 39.6 Å². The fourth-order valence-corrected chi connectivity index (χ4v) is 5.26. The van der Waals surface area contributed by atoms with Gasteiger partial charge in [0.2, 0.25) is 5.88 Å². The van der Waals surface area contributed by atoms with Gasteiger partial charge in [-0.2, -0.15) is 8.42 Å². The van der Waals surface area contributed by atoms with Crippen molar-refractivity contribution < 1.29 is 30.3 Å². The van der Waals surface area contributed by atoms with Crippen LogP contribution in [0.15, 0.2) is 65.7 Å². The van der Waals surface area contributed by atoms with Crippen molar-refractivity contribution in [2.24, 2.45) is 0 Å². The largest absolute Gasteiger partial charge is 0.493 e. The molecule has 1 amide bonds. The van der Waals surface area contributed by atoms with Crippen molar-refractivity contribution in [1.29, 1.82) is 0 Å². The minimum Gasteiger partial charge on any atom is -0.493 e. The van der Waals surface area contributed by atoms with E-state index in [2.05, 4.69) is 14.7 Å². The van der Waals surface area contributed by atoms with Crippen LogP contribution in [-0.2, 0) is 10.0 Å². The zero-order valence-corrected chi connectivity index (χ0v) is 24.0. The van der Waals surface area contributed by atoms with E-state index >= 15 is 0 Å². The third kappa shape index (κ3) is 6.23. The summed E-state index contributed by atoms with van der Waals surface area (Å²) in [6, 6.07) is 16.9. The first-order valence-corrected chi connectivity index (χ1v) is 14.1. The molecular weight excluding hydrogens is 530 g/mol. The monoisotopic (exact) mass is 565 g/mol. The molecule has 212 valence electrons. The molecule has 0 aliphatic heterocycles. The van der Waals surface area contributed by atoms with Gasteiger partial charge in [0.25, 0.3) is 15.9 Å². The molecule has 0 aliphatic carbocycles. The third-order valence-corrected chi connectivity index (χ3v) is 7.26. The van der Waals surface area contributed by atoms with E-state index in [0.717, 1.165) is 16.7 Å². The van der Waals surface area contributed by atoms with Gasteiger partial charge in [-0.25, -0.2) is 14.7 Å². The van der Waals surface area contributed by atoms with Gasteiger partial charge in [0.05, 0.1) is 19.4 Å². The van der Waals surface area contributed by atoms with Crippen LogP contribution in [0, 0.1) is 27.7 Å². The molecule has 0 fully saturated rings. The van der Waals surface area contributed by atoms with E-state index in [1.807, 2.05) is 45.9 Å². The number of aryl methyl sites for hydroxylation is 4. The summed E-state index contributed by atoms with van der Waals surface area (Å²) in [6.07, 6.45) is 0. The number of benzene rings is 2. The lowest BCUT2D eigenvalue weighted by atomic mass is 10.1. The average molecular weight is 566 g/mol. The summed E-state index contributed by atoms with van der Waals surface area (Å²) in [5, 5.41) is -0.264. The molecule has 4 rings (SSSR count). The van der Waals surface area contributed by atoms with E-state index < -0.39 is 15.9 Å². The Morgan fingerprint density at radius 3 is 2.30 bits per heavy atom. The van der Waals surface area contributed by atoms with Gasteiger partial charge in [0, 0.05) is 14.1 Å². The normalized spacial score (nSPS) is 11.2. The Balaban J connectivity index is 0.00000308. The molecule has 1 N–H and O–H groups in total. The Bertz CT molecular complexity index is 1670. The van der Waals surface area contributed by atoms with Gasteiger partial charge in [-0.3, -0.25) is 4.79 Å². The minimum atomic E-state index is -4.25. The first kappa shape index (κ1) is 28.6. The van der Waals surface area contributed by atoms with Gasteiger partial charge in [-0.1, -0.05) is 23.8 Å². The first-order chi connectivity index (χ1) is 19.0. The molecule has 9 nitrogen and oxygen atoms in total. The highest BCUT2D eigenvalue weighted by atomic mass is 32.2. The van der Waals surface area contributed by atoms with Crippen LogP contribution < -0.4 is 18.9 Å². The number of hydrogen-bond donors (Lipinski definition) is 1. The van der Waals surface area contributed by atoms with Crippen LogP contribution in [0.25, 0.3) is 11.3 Å². The highest BCUT2D eigenvalue weighted by Crippen LogP contribution is 2.35. The molecule has 2 aromatic heterocycles. The maximum Gasteiger partial charge on any atom is 0.281 e. The van der Waals surface area contributed by atoms with Crippen LogP contribution in [0.1, 0.15) is 42.5 Å². The molecule has 40 heavy (non-hydrogen) atoms. The molecule has 0 aliphatic rings. The second kappa shape index (κ2) is 11.7. The third-order valence-electron chi connectivity index (χ3n) is 6.03. The van der Waals surface area contributed by atoms with Gasteiger partial charge >= 0.3 is 0 Å². The standard InChI is InChI=1S/C30H31N3O6S.2H2/c1-7-38-25-14-11-22(17-26(25)37-6)24-13-12-23(29(34)33-40(35,36)27-10-8-9-21(5)31-27)30(32-24)39-28-19(3)15-18(2)16-20(28)4;;/h8-17H,7H2,1-6H3,(H,33,34);2*1H. The molecule has 2 heterocycles. The Hall–Kier alpha value is -4.44. The van der Waals surface area contributed by atoms with E-state index in [1.54, 1.807) is 44.4 Å². The van der Waals surface area contributed by atoms with Crippen LogP contribution in [-0.4, -0.2) is 38.0 Å². The maximum atomic E-state index is 13.3. The topological polar surface area (TPSA) is 117 Å². The Kier molecular flexibility index (Phi) is 8.39. The van der Waals surface area contributed by atoms with E-state index in [1.165, 1.54) is 12.1 Å². The number of rotatable bonds is 9. The molecule has 0 saturated heterocycles. The number of ether oxygens (including phenoxy) is 3. The van der Waals surface area contributed by atoms with E-state index in [0.29, 0.717) is 40.8 Å². The Morgan fingerprint density at radius 2 is 1.65 bits per heavy atom. The lowest BCUT2D eigenvalue weighted by Gasteiger charge is -2.16. The summed E-state index contributed by atoms with van der Waals surface area (Å²) >= 11 is 0. The lowest BCUT2D eigenvalue weighted by Crippen LogP contribution is -2.31. The predicted octanol–water partition coefficient (Wildman–Crippen LogP) is 6.19. The number of amides is 1. The van der Waals surface area contributed by atoms with Crippen molar-refractivity contribution >= 4 is 15.9 Å². The molecule has 4 aromatic rings. The van der Waals surface area contributed by atoms with Gasteiger partial charge in [-0.05, 0) is 88.2 Å².